The first kappa shape index (κ1) is 21.9. The molecule has 0 atom stereocenters. The van der Waals surface area contributed by atoms with Gasteiger partial charge in [0.2, 0.25) is 0 Å². The summed E-state index contributed by atoms with van der Waals surface area (Å²) in [5, 5.41) is 4.20. The van der Waals surface area contributed by atoms with Crippen molar-refractivity contribution >= 4 is 29.7 Å². The first-order valence-electron chi connectivity index (χ1n) is 9.20. The van der Waals surface area contributed by atoms with Crippen molar-refractivity contribution < 1.29 is 23.8 Å². The van der Waals surface area contributed by atoms with E-state index in [1.165, 1.54) is 6.21 Å². The van der Waals surface area contributed by atoms with Gasteiger partial charge in [-0.2, -0.15) is 5.10 Å². The van der Waals surface area contributed by atoms with Gasteiger partial charge in [0.15, 0.2) is 6.61 Å². The standard InChI is InChI=1S/C23H19ClN2O5/c1-29-17-9-11-18(12-10-17)30-15-22(27)26-25-14-16-5-4-6-19(13-16)31-23(28)20-7-2-3-8-21(20)24/h2-14H,15H2,1H3,(H,26,27). The Balaban J connectivity index is 1.51. The molecular weight excluding hydrogens is 420 g/mol. The minimum atomic E-state index is -0.566. The minimum Gasteiger partial charge on any atom is -0.497 e. The van der Waals surface area contributed by atoms with Gasteiger partial charge in [0.25, 0.3) is 5.91 Å². The summed E-state index contributed by atoms with van der Waals surface area (Å²) in [7, 11) is 1.57. The summed E-state index contributed by atoms with van der Waals surface area (Å²) >= 11 is 6.02. The lowest BCUT2D eigenvalue weighted by Gasteiger charge is -2.06. The molecule has 0 aliphatic carbocycles. The number of carbonyl (C=O) groups is 2. The normalized spacial score (nSPS) is 10.5. The lowest BCUT2D eigenvalue weighted by Crippen LogP contribution is -2.24. The van der Waals surface area contributed by atoms with Gasteiger partial charge in [-0.3, -0.25) is 4.79 Å². The van der Waals surface area contributed by atoms with Crippen LogP contribution in [0.25, 0.3) is 0 Å². The number of ether oxygens (including phenoxy) is 3. The summed E-state index contributed by atoms with van der Waals surface area (Å²) in [5.74, 6) is 0.564. The molecule has 0 bridgehead atoms. The zero-order valence-corrected chi connectivity index (χ0v) is 17.3. The van der Waals surface area contributed by atoms with Crippen molar-refractivity contribution in [3.8, 4) is 17.2 Å². The summed E-state index contributed by atoms with van der Waals surface area (Å²) in [6.45, 7) is -0.195. The molecule has 1 N–H and O–H groups in total. The number of halogens is 1. The molecular formula is C23H19ClN2O5. The third-order valence-electron chi connectivity index (χ3n) is 3.99. The Morgan fingerprint density at radius 1 is 0.968 bits per heavy atom. The number of amides is 1. The highest BCUT2D eigenvalue weighted by atomic mass is 35.5. The van der Waals surface area contributed by atoms with Crippen LogP contribution in [0.4, 0.5) is 0 Å². The topological polar surface area (TPSA) is 86.2 Å². The summed E-state index contributed by atoms with van der Waals surface area (Å²) < 4.78 is 15.8. The van der Waals surface area contributed by atoms with Crippen molar-refractivity contribution in [1.82, 2.24) is 5.43 Å². The van der Waals surface area contributed by atoms with Crippen LogP contribution >= 0.6 is 11.6 Å². The van der Waals surface area contributed by atoms with Crippen molar-refractivity contribution in [2.75, 3.05) is 13.7 Å². The Hall–Kier alpha value is -3.84. The third-order valence-corrected chi connectivity index (χ3v) is 4.32. The van der Waals surface area contributed by atoms with Crippen LogP contribution in [0.1, 0.15) is 15.9 Å². The van der Waals surface area contributed by atoms with Crippen molar-refractivity contribution in [2.45, 2.75) is 0 Å². The van der Waals surface area contributed by atoms with Crippen LogP contribution in [0.3, 0.4) is 0 Å². The van der Waals surface area contributed by atoms with Gasteiger partial charge in [-0.25, -0.2) is 10.2 Å². The quantitative estimate of drug-likeness (QED) is 0.248. The van der Waals surface area contributed by atoms with Crippen molar-refractivity contribution in [2.24, 2.45) is 5.10 Å². The van der Waals surface area contributed by atoms with Gasteiger partial charge in [0.05, 0.1) is 23.9 Å². The minimum absolute atomic E-state index is 0.195. The summed E-state index contributed by atoms with van der Waals surface area (Å²) in [4.78, 5) is 24.1. The van der Waals surface area contributed by atoms with Crippen LogP contribution in [0.15, 0.2) is 77.9 Å². The van der Waals surface area contributed by atoms with E-state index in [9.17, 15) is 9.59 Å². The number of carbonyl (C=O) groups excluding carboxylic acids is 2. The second-order valence-electron chi connectivity index (χ2n) is 6.20. The van der Waals surface area contributed by atoms with Gasteiger partial charge in [0, 0.05) is 0 Å². The van der Waals surface area contributed by atoms with Gasteiger partial charge >= 0.3 is 5.97 Å². The van der Waals surface area contributed by atoms with Crippen LogP contribution in [0, 0.1) is 0 Å². The fraction of sp³-hybridized carbons (Fsp3) is 0.0870. The van der Waals surface area contributed by atoms with E-state index >= 15 is 0 Å². The molecule has 0 aliphatic rings. The van der Waals surface area contributed by atoms with E-state index in [4.69, 9.17) is 25.8 Å². The van der Waals surface area contributed by atoms with Crippen molar-refractivity contribution in [1.29, 1.82) is 0 Å². The molecule has 0 aromatic heterocycles. The Morgan fingerprint density at radius 3 is 2.45 bits per heavy atom. The summed E-state index contributed by atoms with van der Waals surface area (Å²) in [6.07, 6.45) is 1.43. The van der Waals surface area contributed by atoms with Crippen molar-refractivity contribution in [3.63, 3.8) is 0 Å². The van der Waals surface area contributed by atoms with Gasteiger partial charge < -0.3 is 14.2 Å². The Kier molecular flexibility index (Phi) is 7.61. The molecule has 31 heavy (non-hydrogen) atoms. The molecule has 0 spiro atoms. The van der Waals surface area contributed by atoms with E-state index in [2.05, 4.69) is 10.5 Å². The number of nitrogens with zero attached hydrogens (tertiary/aromatic N) is 1. The zero-order valence-electron chi connectivity index (χ0n) is 16.6. The van der Waals surface area contributed by atoms with Gasteiger partial charge in [-0.05, 0) is 54.1 Å². The fourth-order valence-corrected chi connectivity index (χ4v) is 2.69. The fourth-order valence-electron chi connectivity index (χ4n) is 2.48. The van der Waals surface area contributed by atoms with E-state index in [0.29, 0.717) is 27.8 Å². The van der Waals surface area contributed by atoms with Crippen LogP contribution in [0.2, 0.25) is 5.02 Å². The molecule has 0 saturated carbocycles. The Morgan fingerprint density at radius 2 is 1.71 bits per heavy atom. The maximum absolute atomic E-state index is 12.3. The molecule has 0 radical (unpaired) electrons. The van der Waals surface area contributed by atoms with Crippen molar-refractivity contribution in [3.05, 3.63) is 88.9 Å². The zero-order chi connectivity index (χ0) is 22.1. The molecule has 3 aromatic carbocycles. The lowest BCUT2D eigenvalue weighted by molar-refractivity contribution is -0.123. The maximum Gasteiger partial charge on any atom is 0.345 e. The van der Waals surface area contributed by atoms with E-state index in [1.54, 1.807) is 79.9 Å². The number of rotatable bonds is 8. The van der Waals surface area contributed by atoms with E-state index < -0.39 is 11.9 Å². The predicted molar refractivity (Wildman–Crippen MR) is 117 cm³/mol. The monoisotopic (exact) mass is 438 g/mol. The van der Waals surface area contributed by atoms with E-state index in [0.717, 1.165) is 0 Å². The number of hydrogen-bond donors (Lipinski definition) is 1. The number of esters is 1. The SMILES string of the molecule is COc1ccc(OCC(=O)NN=Cc2cccc(OC(=O)c3ccccc3Cl)c2)cc1. The number of benzene rings is 3. The first-order valence-corrected chi connectivity index (χ1v) is 9.58. The molecule has 0 heterocycles. The highest BCUT2D eigenvalue weighted by Gasteiger charge is 2.12. The van der Waals surface area contributed by atoms with Crippen LogP contribution in [-0.4, -0.2) is 31.8 Å². The second kappa shape index (κ2) is 10.8. The maximum atomic E-state index is 12.3. The second-order valence-corrected chi connectivity index (χ2v) is 6.61. The van der Waals surface area contributed by atoms with Gasteiger partial charge in [-0.1, -0.05) is 35.9 Å². The first-order chi connectivity index (χ1) is 15.0. The van der Waals surface area contributed by atoms with Crippen LogP contribution in [-0.2, 0) is 4.79 Å². The van der Waals surface area contributed by atoms with E-state index in [1.807, 2.05) is 0 Å². The summed E-state index contributed by atoms with van der Waals surface area (Å²) in [6, 6.07) is 20.2. The Labute approximate surface area is 184 Å². The number of nitrogens with one attached hydrogen (secondary N) is 1. The molecule has 0 unspecified atom stereocenters. The Bertz CT molecular complexity index is 1080. The average Bonchev–Trinajstić information content (AvgIpc) is 2.78. The molecule has 3 aromatic rings. The largest absolute Gasteiger partial charge is 0.497 e. The molecule has 7 nitrogen and oxygen atoms in total. The summed E-state index contributed by atoms with van der Waals surface area (Å²) in [5.41, 5.74) is 3.27. The number of methoxy groups -OCH3 is 1. The van der Waals surface area contributed by atoms with Gasteiger partial charge in [-0.15, -0.1) is 0 Å². The molecule has 0 saturated heterocycles. The third kappa shape index (κ3) is 6.58. The highest BCUT2D eigenvalue weighted by molar-refractivity contribution is 6.33. The molecule has 1 amide bonds. The highest BCUT2D eigenvalue weighted by Crippen LogP contribution is 2.19. The lowest BCUT2D eigenvalue weighted by atomic mass is 10.2. The van der Waals surface area contributed by atoms with Crippen LogP contribution < -0.4 is 19.6 Å². The molecule has 3 rings (SSSR count). The molecule has 0 aliphatic heterocycles. The number of hydrogen-bond acceptors (Lipinski definition) is 6. The number of hydrazone groups is 1. The average molecular weight is 439 g/mol. The van der Waals surface area contributed by atoms with Gasteiger partial charge in [0.1, 0.15) is 17.2 Å². The molecule has 158 valence electrons. The smallest absolute Gasteiger partial charge is 0.345 e. The molecule has 0 fully saturated rings. The predicted octanol–water partition coefficient (Wildman–Crippen LogP) is 4.10. The van der Waals surface area contributed by atoms with E-state index in [-0.39, 0.29) is 12.2 Å². The van der Waals surface area contributed by atoms with Crippen LogP contribution in [0.5, 0.6) is 17.2 Å². The molecule has 8 heteroatoms.